The molecule has 0 radical (unpaired) electrons. The number of para-hydroxylation sites is 1. The molecule has 0 atom stereocenters. The highest BCUT2D eigenvalue weighted by molar-refractivity contribution is 7.00. The van der Waals surface area contributed by atoms with Gasteiger partial charge >= 0.3 is 0 Å². The number of aromatic nitrogens is 4. The van der Waals surface area contributed by atoms with Crippen LogP contribution in [0.2, 0.25) is 0 Å². The standard InChI is InChI=1S/C20H18N6OS/c27-20(23-17-6-5-13-3-1-2-4-15(13)22-17)14-8-11-26(12-9-14)16-7-10-21-19-18(16)24-28-25-19/h1-7,10,14H,8-9,11-12H2,(H,22,23,27). The minimum Gasteiger partial charge on any atom is -0.370 e. The molecule has 8 heteroatoms. The van der Waals surface area contributed by atoms with Gasteiger partial charge in [0, 0.05) is 30.6 Å². The summed E-state index contributed by atoms with van der Waals surface area (Å²) in [5, 5.41) is 4.05. The second-order valence-corrected chi connectivity index (χ2v) is 7.43. The Kier molecular flexibility index (Phi) is 4.32. The lowest BCUT2D eigenvalue weighted by atomic mass is 9.95. The van der Waals surface area contributed by atoms with E-state index in [1.807, 2.05) is 42.5 Å². The first-order valence-corrected chi connectivity index (χ1v) is 10.00. The van der Waals surface area contributed by atoms with Crippen LogP contribution in [0.4, 0.5) is 11.5 Å². The van der Waals surface area contributed by atoms with E-state index in [2.05, 4.69) is 28.9 Å². The van der Waals surface area contributed by atoms with E-state index in [4.69, 9.17) is 0 Å². The average Bonchev–Trinajstić information content (AvgIpc) is 3.23. The number of nitrogens with zero attached hydrogens (tertiary/aromatic N) is 5. The summed E-state index contributed by atoms with van der Waals surface area (Å²) >= 11 is 1.18. The molecule has 0 unspecified atom stereocenters. The Morgan fingerprint density at radius 1 is 1.07 bits per heavy atom. The Bertz CT molecular complexity index is 1150. The van der Waals surface area contributed by atoms with Gasteiger partial charge in [0.25, 0.3) is 0 Å². The van der Waals surface area contributed by atoms with Crippen LogP contribution in [0.1, 0.15) is 12.8 Å². The largest absolute Gasteiger partial charge is 0.370 e. The van der Waals surface area contributed by atoms with Crippen molar-refractivity contribution < 1.29 is 4.79 Å². The summed E-state index contributed by atoms with van der Waals surface area (Å²) in [4.78, 5) is 23.8. The smallest absolute Gasteiger partial charge is 0.228 e. The van der Waals surface area contributed by atoms with Gasteiger partial charge < -0.3 is 10.2 Å². The van der Waals surface area contributed by atoms with Crippen LogP contribution in [0.3, 0.4) is 0 Å². The Hall–Kier alpha value is -3.13. The number of rotatable bonds is 3. The molecule has 5 rings (SSSR count). The van der Waals surface area contributed by atoms with Crippen LogP contribution in [-0.4, -0.2) is 37.7 Å². The van der Waals surface area contributed by atoms with Crippen molar-refractivity contribution in [3.05, 3.63) is 48.7 Å². The average molecular weight is 390 g/mol. The van der Waals surface area contributed by atoms with Crippen LogP contribution in [0.25, 0.3) is 22.1 Å². The molecule has 1 aliphatic rings. The van der Waals surface area contributed by atoms with Gasteiger partial charge in [0.1, 0.15) is 11.3 Å². The fourth-order valence-corrected chi connectivity index (χ4v) is 4.20. The summed E-state index contributed by atoms with van der Waals surface area (Å²) < 4.78 is 8.58. The number of piperidine rings is 1. The monoisotopic (exact) mass is 390 g/mol. The van der Waals surface area contributed by atoms with Crippen molar-refractivity contribution in [2.75, 3.05) is 23.3 Å². The maximum absolute atomic E-state index is 12.7. The van der Waals surface area contributed by atoms with Crippen LogP contribution < -0.4 is 10.2 Å². The lowest BCUT2D eigenvalue weighted by Crippen LogP contribution is -2.38. The van der Waals surface area contributed by atoms with Gasteiger partial charge in [-0.05, 0) is 37.1 Å². The molecule has 28 heavy (non-hydrogen) atoms. The van der Waals surface area contributed by atoms with Gasteiger partial charge in [0.05, 0.1) is 22.9 Å². The molecular formula is C20H18N6OS. The SMILES string of the molecule is O=C(Nc1ccc2ccccc2n1)C1CCN(c2ccnc3nsnc23)CC1. The topological polar surface area (TPSA) is 83.9 Å². The summed E-state index contributed by atoms with van der Waals surface area (Å²) in [5.41, 5.74) is 3.46. The highest BCUT2D eigenvalue weighted by atomic mass is 32.1. The molecular weight excluding hydrogens is 372 g/mol. The summed E-state index contributed by atoms with van der Waals surface area (Å²) in [5.74, 6) is 0.628. The van der Waals surface area contributed by atoms with Crippen LogP contribution >= 0.6 is 11.7 Å². The highest BCUT2D eigenvalue weighted by Gasteiger charge is 2.26. The van der Waals surface area contributed by atoms with Gasteiger partial charge in [0.2, 0.25) is 5.91 Å². The van der Waals surface area contributed by atoms with Crippen molar-refractivity contribution in [2.45, 2.75) is 12.8 Å². The number of anilines is 2. The zero-order valence-electron chi connectivity index (χ0n) is 15.1. The molecule has 4 aromatic rings. The second-order valence-electron chi connectivity index (χ2n) is 6.91. The minimum atomic E-state index is -0.0181. The van der Waals surface area contributed by atoms with E-state index in [0.29, 0.717) is 11.5 Å². The Morgan fingerprint density at radius 2 is 1.93 bits per heavy atom. The van der Waals surface area contributed by atoms with Gasteiger partial charge in [-0.25, -0.2) is 9.97 Å². The molecule has 3 aromatic heterocycles. The predicted octanol–water partition coefficient (Wildman–Crippen LogP) is 3.49. The van der Waals surface area contributed by atoms with Crippen molar-refractivity contribution in [1.82, 2.24) is 18.7 Å². The number of amides is 1. The zero-order chi connectivity index (χ0) is 18.9. The molecule has 0 aliphatic carbocycles. The minimum absolute atomic E-state index is 0.0181. The predicted molar refractivity (Wildman–Crippen MR) is 111 cm³/mol. The molecule has 0 saturated carbocycles. The number of nitrogens with one attached hydrogen (secondary N) is 1. The van der Waals surface area contributed by atoms with Crippen LogP contribution in [0.15, 0.2) is 48.7 Å². The maximum Gasteiger partial charge on any atom is 0.228 e. The van der Waals surface area contributed by atoms with E-state index >= 15 is 0 Å². The number of hydrogen-bond acceptors (Lipinski definition) is 7. The van der Waals surface area contributed by atoms with Crippen molar-refractivity contribution in [3.8, 4) is 0 Å². The number of carbonyl (C=O) groups excluding carboxylic acids is 1. The van der Waals surface area contributed by atoms with Crippen molar-refractivity contribution in [2.24, 2.45) is 5.92 Å². The fraction of sp³-hybridized carbons (Fsp3) is 0.250. The maximum atomic E-state index is 12.7. The molecule has 0 spiro atoms. The summed E-state index contributed by atoms with van der Waals surface area (Å²) in [6, 6.07) is 13.7. The van der Waals surface area contributed by atoms with E-state index in [1.165, 1.54) is 11.7 Å². The quantitative estimate of drug-likeness (QED) is 0.576. The van der Waals surface area contributed by atoms with Crippen molar-refractivity contribution in [3.63, 3.8) is 0 Å². The molecule has 4 heterocycles. The molecule has 1 amide bonds. The third kappa shape index (κ3) is 3.16. The lowest BCUT2D eigenvalue weighted by molar-refractivity contribution is -0.120. The fourth-order valence-electron chi connectivity index (χ4n) is 3.69. The van der Waals surface area contributed by atoms with Gasteiger partial charge in [-0.15, -0.1) is 0 Å². The van der Waals surface area contributed by atoms with E-state index < -0.39 is 0 Å². The first-order valence-electron chi connectivity index (χ1n) is 9.27. The van der Waals surface area contributed by atoms with E-state index in [9.17, 15) is 4.79 Å². The number of carbonyl (C=O) groups is 1. The number of fused-ring (bicyclic) bond motifs is 2. The highest BCUT2D eigenvalue weighted by Crippen LogP contribution is 2.28. The van der Waals surface area contributed by atoms with Gasteiger partial charge in [-0.1, -0.05) is 18.2 Å². The second kappa shape index (κ2) is 7.12. The summed E-state index contributed by atoms with van der Waals surface area (Å²) in [6.07, 6.45) is 3.35. The third-order valence-electron chi connectivity index (χ3n) is 5.20. The van der Waals surface area contributed by atoms with Crippen LogP contribution in [0, 0.1) is 5.92 Å². The molecule has 140 valence electrons. The molecule has 7 nitrogen and oxygen atoms in total. The lowest BCUT2D eigenvalue weighted by Gasteiger charge is -2.32. The normalized spacial score (nSPS) is 15.2. The number of hydrogen-bond donors (Lipinski definition) is 1. The summed E-state index contributed by atoms with van der Waals surface area (Å²) in [6.45, 7) is 1.61. The first-order chi connectivity index (χ1) is 13.8. The molecule has 1 N–H and O–H groups in total. The molecule has 1 saturated heterocycles. The van der Waals surface area contributed by atoms with Gasteiger partial charge in [0.15, 0.2) is 5.65 Å². The third-order valence-corrected chi connectivity index (χ3v) is 5.72. The van der Waals surface area contributed by atoms with Crippen molar-refractivity contribution in [1.29, 1.82) is 0 Å². The summed E-state index contributed by atoms with van der Waals surface area (Å²) in [7, 11) is 0. The van der Waals surface area contributed by atoms with Crippen molar-refractivity contribution >= 4 is 51.2 Å². The van der Waals surface area contributed by atoms with E-state index in [-0.39, 0.29) is 11.8 Å². The first kappa shape index (κ1) is 17.0. The number of benzene rings is 1. The van der Waals surface area contributed by atoms with Gasteiger partial charge in [-0.3, -0.25) is 4.79 Å². The number of pyridine rings is 2. The van der Waals surface area contributed by atoms with Crippen LogP contribution in [0.5, 0.6) is 0 Å². The van der Waals surface area contributed by atoms with E-state index in [1.54, 1.807) is 6.20 Å². The molecule has 0 bridgehead atoms. The molecule has 1 fully saturated rings. The zero-order valence-corrected chi connectivity index (χ0v) is 15.9. The Balaban J connectivity index is 1.26. The molecule has 1 aliphatic heterocycles. The Labute approximate surface area is 165 Å². The van der Waals surface area contributed by atoms with Crippen LogP contribution in [-0.2, 0) is 4.79 Å². The van der Waals surface area contributed by atoms with Gasteiger partial charge in [-0.2, -0.15) is 8.75 Å². The Morgan fingerprint density at radius 3 is 2.82 bits per heavy atom. The van der Waals surface area contributed by atoms with E-state index in [0.717, 1.165) is 48.0 Å². The molecule has 1 aromatic carbocycles.